The van der Waals surface area contributed by atoms with Crippen molar-refractivity contribution in [1.29, 1.82) is 0 Å². The van der Waals surface area contributed by atoms with E-state index in [1.54, 1.807) is 0 Å². The molecule has 1 amide bonds. The Bertz CT molecular complexity index is 239. The molecule has 0 aromatic carbocycles. The summed E-state index contributed by atoms with van der Waals surface area (Å²) in [5, 5.41) is 6.69. The van der Waals surface area contributed by atoms with Crippen molar-refractivity contribution >= 4 is 5.91 Å². The molecule has 2 rings (SSSR count). The van der Waals surface area contributed by atoms with E-state index in [2.05, 4.69) is 10.6 Å². The van der Waals surface area contributed by atoms with E-state index in [0.717, 1.165) is 32.4 Å². The minimum Gasteiger partial charge on any atom is -0.352 e. The van der Waals surface area contributed by atoms with Crippen LogP contribution in [0.15, 0.2) is 0 Å². The first-order valence-corrected chi connectivity index (χ1v) is 7.87. The lowest BCUT2D eigenvalue weighted by Crippen LogP contribution is -2.43. The van der Waals surface area contributed by atoms with E-state index in [1.165, 1.54) is 44.9 Å². The Morgan fingerprint density at radius 1 is 0.889 bits per heavy atom. The summed E-state index contributed by atoms with van der Waals surface area (Å²) < 4.78 is 0. The van der Waals surface area contributed by atoms with Gasteiger partial charge in [0.2, 0.25) is 5.91 Å². The molecular formula is C15H28N2O. The number of amides is 1. The van der Waals surface area contributed by atoms with E-state index >= 15 is 0 Å². The SMILES string of the molecule is O=C(NC1CCCCNC1)C1CCCCCCC1. The van der Waals surface area contributed by atoms with E-state index in [1.807, 2.05) is 0 Å². The van der Waals surface area contributed by atoms with Gasteiger partial charge in [-0.15, -0.1) is 0 Å². The topological polar surface area (TPSA) is 41.1 Å². The first-order valence-electron chi connectivity index (χ1n) is 7.87. The van der Waals surface area contributed by atoms with Gasteiger partial charge in [0.25, 0.3) is 0 Å². The molecule has 2 fully saturated rings. The van der Waals surface area contributed by atoms with Gasteiger partial charge in [0.15, 0.2) is 0 Å². The second-order valence-electron chi connectivity index (χ2n) is 5.95. The number of carbonyl (C=O) groups excluding carboxylic acids is 1. The van der Waals surface area contributed by atoms with Crippen molar-refractivity contribution in [2.24, 2.45) is 5.92 Å². The van der Waals surface area contributed by atoms with Crippen molar-refractivity contribution < 1.29 is 4.79 Å². The van der Waals surface area contributed by atoms with E-state index in [9.17, 15) is 4.79 Å². The summed E-state index contributed by atoms with van der Waals surface area (Å²) in [5.74, 6) is 0.610. The molecule has 18 heavy (non-hydrogen) atoms. The highest BCUT2D eigenvalue weighted by Crippen LogP contribution is 2.22. The second kappa shape index (κ2) is 7.78. The van der Waals surface area contributed by atoms with Gasteiger partial charge in [-0.25, -0.2) is 0 Å². The van der Waals surface area contributed by atoms with E-state index in [4.69, 9.17) is 0 Å². The summed E-state index contributed by atoms with van der Waals surface area (Å²) in [6.07, 6.45) is 12.3. The summed E-state index contributed by atoms with van der Waals surface area (Å²) >= 11 is 0. The normalized spacial score (nSPS) is 27.9. The lowest BCUT2D eigenvalue weighted by molar-refractivity contribution is -0.126. The summed E-state index contributed by atoms with van der Waals surface area (Å²) in [5.41, 5.74) is 0. The lowest BCUT2D eigenvalue weighted by atomic mass is 9.90. The van der Waals surface area contributed by atoms with Gasteiger partial charge in [0.05, 0.1) is 0 Å². The Kier molecular flexibility index (Phi) is 5.98. The number of carbonyl (C=O) groups is 1. The van der Waals surface area contributed by atoms with Crippen LogP contribution < -0.4 is 10.6 Å². The third kappa shape index (κ3) is 4.60. The maximum atomic E-state index is 12.3. The maximum Gasteiger partial charge on any atom is 0.223 e. The van der Waals surface area contributed by atoms with Gasteiger partial charge in [-0.05, 0) is 32.2 Å². The highest BCUT2D eigenvalue weighted by molar-refractivity contribution is 5.78. The quantitative estimate of drug-likeness (QED) is 0.793. The number of hydrogen-bond donors (Lipinski definition) is 2. The van der Waals surface area contributed by atoms with E-state index in [0.29, 0.717) is 11.9 Å². The molecule has 1 aliphatic heterocycles. The molecule has 0 aromatic rings. The van der Waals surface area contributed by atoms with Crippen LogP contribution in [0.5, 0.6) is 0 Å². The van der Waals surface area contributed by atoms with Crippen LogP contribution in [-0.2, 0) is 4.79 Å². The maximum absolute atomic E-state index is 12.3. The standard InChI is InChI=1S/C15H28N2O/c18-15(13-8-4-2-1-3-5-9-13)17-14-10-6-7-11-16-12-14/h13-14,16H,1-12H2,(H,17,18). The molecule has 1 unspecified atom stereocenters. The fourth-order valence-electron chi connectivity index (χ4n) is 3.18. The summed E-state index contributed by atoms with van der Waals surface area (Å²) in [4.78, 5) is 12.3. The van der Waals surface area contributed by atoms with Gasteiger partial charge in [-0.1, -0.05) is 38.5 Å². The van der Waals surface area contributed by atoms with Crippen molar-refractivity contribution in [3.63, 3.8) is 0 Å². The largest absolute Gasteiger partial charge is 0.352 e. The zero-order valence-corrected chi connectivity index (χ0v) is 11.5. The van der Waals surface area contributed by atoms with Gasteiger partial charge in [-0.2, -0.15) is 0 Å². The minimum absolute atomic E-state index is 0.286. The molecule has 0 aromatic heterocycles. The average molecular weight is 252 g/mol. The van der Waals surface area contributed by atoms with Crippen LogP contribution in [0.4, 0.5) is 0 Å². The molecule has 1 atom stereocenters. The second-order valence-corrected chi connectivity index (χ2v) is 5.95. The van der Waals surface area contributed by atoms with Gasteiger partial charge in [-0.3, -0.25) is 4.79 Å². The molecule has 1 saturated carbocycles. The molecule has 2 aliphatic rings. The molecule has 2 N–H and O–H groups in total. The first kappa shape index (κ1) is 13.9. The van der Waals surface area contributed by atoms with Crippen molar-refractivity contribution in [3.05, 3.63) is 0 Å². The molecule has 1 heterocycles. The molecule has 1 aliphatic carbocycles. The van der Waals surface area contributed by atoms with Crippen molar-refractivity contribution in [2.45, 2.75) is 70.3 Å². The monoisotopic (exact) mass is 252 g/mol. The van der Waals surface area contributed by atoms with Gasteiger partial charge in [0, 0.05) is 18.5 Å². The Morgan fingerprint density at radius 2 is 1.56 bits per heavy atom. The van der Waals surface area contributed by atoms with E-state index < -0.39 is 0 Å². The molecule has 0 bridgehead atoms. The van der Waals surface area contributed by atoms with E-state index in [-0.39, 0.29) is 5.92 Å². The summed E-state index contributed by atoms with van der Waals surface area (Å²) in [6, 6.07) is 0.366. The number of nitrogens with one attached hydrogen (secondary N) is 2. The van der Waals surface area contributed by atoms with Crippen LogP contribution >= 0.6 is 0 Å². The van der Waals surface area contributed by atoms with Crippen molar-refractivity contribution in [1.82, 2.24) is 10.6 Å². The van der Waals surface area contributed by atoms with Crippen LogP contribution in [0, 0.1) is 5.92 Å². The Hall–Kier alpha value is -0.570. The first-order chi connectivity index (χ1) is 8.86. The third-order valence-corrected chi connectivity index (χ3v) is 4.37. The van der Waals surface area contributed by atoms with Crippen molar-refractivity contribution in [3.8, 4) is 0 Å². The predicted molar refractivity (Wildman–Crippen MR) is 74.5 cm³/mol. The molecular weight excluding hydrogens is 224 g/mol. The average Bonchev–Trinajstić information content (AvgIpc) is 2.57. The summed E-state index contributed by atoms with van der Waals surface area (Å²) in [7, 11) is 0. The van der Waals surface area contributed by atoms with Gasteiger partial charge < -0.3 is 10.6 Å². The van der Waals surface area contributed by atoms with Gasteiger partial charge in [0.1, 0.15) is 0 Å². The van der Waals surface area contributed by atoms with Crippen LogP contribution in [0.2, 0.25) is 0 Å². The Morgan fingerprint density at radius 3 is 2.33 bits per heavy atom. The smallest absolute Gasteiger partial charge is 0.223 e. The van der Waals surface area contributed by atoms with Gasteiger partial charge >= 0.3 is 0 Å². The fraction of sp³-hybridized carbons (Fsp3) is 0.933. The van der Waals surface area contributed by atoms with Crippen LogP contribution in [0.3, 0.4) is 0 Å². The number of rotatable bonds is 2. The molecule has 0 radical (unpaired) electrons. The predicted octanol–water partition coefficient (Wildman–Crippen LogP) is 2.61. The molecule has 0 spiro atoms. The minimum atomic E-state index is 0.286. The molecule has 3 nitrogen and oxygen atoms in total. The zero-order chi connectivity index (χ0) is 12.6. The molecule has 104 valence electrons. The molecule has 1 saturated heterocycles. The summed E-state index contributed by atoms with van der Waals surface area (Å²) in [6.45, 7) is 2.06. The van der Waals surface area contributed by atoms with Crippen LogP contribution in [0.25, 0.3) is 0 Å². The highest BCUT2D eigenvalue weighted by Gasteiger charge is 2.22. The number of hydrogen-bond acceptors (Lipinski definition) is 2. The highest BCUT2D eigenvalue weighted by atomic mass is 16.1. The third-order valence-electron chi connectivity index (χ3n) is 4.37. The van der Waals surface area contributed by atoms with Crippen LogP contribution in [-0.4, -0.2) is 25.0 Å². The van der Waals surface area contributed by atoms with Crippen LogP contribution in [0.1, 0.15) is 64.2 Å². The molecule has 3 heteroatoms. The van der Waals surface area contributed by atoms with Crippen molar-refractivity contribution in [2.75, 3.05) is 13.1 Å². The Labute approximate surface area is 111 Å². The fourth-order valence-corrected chi connectivity index (χ4v) is 3.18. The lowest BCUT2D eigenvalue weighted by Gasteiger charge is -2.23. The zero-order valence-electron chi connectivity index (χ0n) is 11.5. The Balaban J connectivity index is 1.77.